The van der Waals surface area contributed by atoms with E-state index >= 15 is 0 Å². The Morgan fingerprint density at radius 1 is 1.12 bits per heavy atom. The molecule has 0 fully saturated rings. The number of anilines is 2. The smallest absolute Gasteiger partial charge is 0.379 e. The minimum Gasteiger partial charge on any atom is -0.379 e. The molecule has 0 atom stereocenters. The summed E-state index contributed by atoms with van der Waals surface area (Å²) in [4.78, 5) is 21.7. The quantitative estimate of drug-likeness (QED) is 0.275. The molecule has 2 heterocycles. The first-order valence-corrected chi connectivity index (χ1v) is 11.7. The van der Waals surface area contributed by atoms with E-state index in [0.29, 0.717) is 51.8 Å². The highest BCUT2D eigenvalue weighted by Crippen LogP contribution is 2.35. The maximum atomic E-state index is 13.0. The molecule has 2 aromatic heterocycles. The van der Waals surface area contributed by atoms with Crippen molar-refractivity contribution in [1.82, 2.24) is 14.5 Å². The van der Waals surface area contributed by atoms with Gasteiger partial charge < -0.3 is 14.6 Å². The Kier molecular flexibility index (Phi) is 6.39. The van der Waals surface area contributed by atoms with E-state index in [1.165, 1.54) is 6.07 Å². The number of fused-ring (bicyclic) bond motifs is 2. The van der Waals surface area contributed by atoms with Crippen LogP contribution in [0.1, 0.15) is 49.5 Å². The summed E-state index contributed by atoms with van der Waals surface area (Å²) in [5.41, 5.74) is 1.47. The fraction of sp³-hybridized carbons (Fsp3) is 0.375. The van der Waals surface area contributed by atoms with E-state index < -0.39 is 11.7 Å². The predicted molar refractivity (Wildman–Crippen MR) is 128 cm³/mol. The molecular weight excluding hydrogens is 465 g/mol. The van der Waals surface area contributed by atoms with Gasteiger partial charge in [0.1, 0.15) is 0 Å². The zero-order valence-corrected chi connectivity index (χ0v) is 20.1. The van der Waals surface area contributed by atoms with E-state index in [-0.39, 0.29) is 11.4 Å². The summed E-state index contributed by atoms with van der Waals surface area (Å²) in [5.74, 6) is 0.525. The van der Waals surface area contributed by atoms with E-state index in [4.69, 9.17) is 4.74 Å². The molecule has 6 nitrogen and oxygen atoms in total. The first kappa shape index (κ1) is 24.2. The number of imidazole rings is 1. The second-order valence-electron chi connectivity index (χ2n) is 8.59. The number of alkyl halides is 3. The molecule has 10 heteroatoms. The molecule has 0 saturated heterocycles. The molecule has 0 saturated carbocycles. The van der Waals surface area contributed by atoms with E-state index in [2.05, 4.69) is 15.3 Å². The molecule has 0 radical (unpaired) electrons. The number of rotatable bonds is 8. The summed E-state index contributed by atoms with van der Waals surface area (Å²) in [7, 11) is 1.63. The van der Waals surface area contributed by atoms with Crippen LogP contribution in [0, 0.1) is 0 Å². The van der Waals surface area contributed by atoms with Crippen molar-refractivity contribution in [3.05, 3.63) is 47.5 Å². The highest BCUT2D eigenvalue weighted by molar-refractivity contribution is 7.22. The third kappa shape index (κ3) is 4.92. The third-order valence-electron chi connectivity index (χ3n) is 5.83. The number of nitrogens with one attached hydrogen (secondary N) is 1. The monoisotopic (exact) mass is 490 g/mol. The summed E-state index contributed by atoms with van der Waals surface area (Å²) in [6.45, 7) is 6.45. The lowest BCUT2D eigenvalue weighted by atomic mass is 9.97. The maximum absolute atomic E-state index is 13.0. The van der Waals surface area contributed by atoms with Crippen molar-refractivity contribution in [3.8, 4) is 0 Å². The van der Waals surface area contributed by atoms with Crippen LogP contribution in [0.3, 0.4) is 0 Å². The van der Waals surface area contributed by atoms with Gasteiger partial charge in [0.2, 0.25) is 5.95 Å². The lowest BCUT2D eigenvalue weighted by Gasteiger charge is -2.22. The lowest BCUT2D eigenvalue weighted by molar-refractivity contribution is -0.137. The van der Waals surface area contributed by atoms with Crippen LogP contribution in [-0.4, -0.2) is 33.0 Å². The topological polar surface area (TPSA) is 69.0 Å². The Morgan fingerprint density at radius 3 is 2.56 bits per heavy atom. The van der Waals surface area contributed by atoms with Gasteiger partial charge in [0.15, 0.2) is 10.9 Å². The summed E-state index contributed by atoms with van der Waals surface area (Å²) in [5, 5.41) is 3.58. The summed E-state index contributed by atoms with van der Waals surface area (Å²) >= 11 is 1.13. The SMILES string of the molecule is CCn1c(Nc2nc3ccc(C(F)(F)F)cc3s2)nc2cc(C(=O)CCC(C)(C)OC)ccc21. The van der Waals surface area contributed by atoms with Gasteiger partial charge in [-0.15, -0.1) is 0 Å². The number of halogens is 3. The summed E-state index contributed by atoms with van der Waals surface area (Å²) < 4.78 is 46.8. The molecule has 0 spiro atoms. The van der Waals surface area contributed by atoms with E-state index in [0.717, 1.165) is 29.0 Å². The number of benzene rings is 2. The molecule has 4 rings (SSSR count). The Balaban J connectivity index is 1.61. The zero-order valence-electron chi connectivity index (χ0n) is 19.3. The van der Waals surface area contributed by atoms with Crippen molar-refractivity contribution >= 4 is 49.4 Å². The highest BCUT2D eigenvalue weighted by atomic mass is 32.1. The van der Waals surface area contributed by atoms with Gasteiger partial charge >= 0.3 is 6.18 Å². The minimum atomic E-state index is -4.41. The molecule has 1 N–H and O–H groups in total. The van der Waals surface area contributed by atoms with Crippen LogP contribution in [0.4, 0.5) is 24.3 Å². The van der Waals surface area contributed by atoms with Gasteiger partial charge in [-0.1, -0.05) is 11.3 Å². The standard InChI is InChI=1S/C24H25F3N4O2S/c1-5-31-18-9-6-14(19(32)10-11-23(2,3)33-4)12-17(18)28-21(31)30-22-29-16-8-7-15(24(25,26)27)13-20(16)34-22/h6-9,12-13H,5,10-11H2,1-4H3,(H,28,29,30). The summed E-state index contributed by atoms with van der Waals surface area (Å²) in [6.07, 6.45) is -3.45. The van der Waals surface area contributed by atoms with Crippen molar-refractivity contribution in [2.24, 2.45) is 0 Å². The van der Waals surface area contributed by atoms with Crippen LogP contribution in [0.5, 0.6) is 0 Å². The number of ketones is 1. The molecule has 0 amide bonds. The number of hydrogen-bond acceptors (Lipinski definition) is 6. The fourth-order valence-electron chi connectivity index (χ4n) is 3.63. The fourth-order valence-corrected chi connectivity index (χ4v) is 4.53. The second-order valence-corrected chi connectivity index (χ2v) is 9.63. The van der Waals surface area contributed by atoms with Gasteiger partial charge in [-0.25, -0.2) is 9.97 Å². The van der Waals surface area contributed by atoms with E-state index in [1.807, 2.05) is 31.4 Å². The van der Waals surface area contributed by atoms with Crippen LogP contribution < -0.4 is 5.32 Å². The Bertz CT molecular complexity index is 1360. The molecule has 180 valence electrons. The Morgan fingerprint density at radius 2 is 1.88 bits per heavy atom. The minimum absolute atomic E-state index is 0.0132. The van der Waals surface area contributed by atoms with E-state index in [9.17, 15) is 18.0 Å². The largest absolute Gasteiger partial charge is 0.416 e. The normalized spacial score (nSPS) is 12.6. The molecule has 0 aliphatic carbocycles. The Hall–Kier alpha value is -2.98. The second kappa shape index (κ2) is 8.99. The first-order chi connectivity index (χ1) is 16.0. The van der Waals surface area contributed by atoms with E-state index in [1.54, 1.807) is 19.2 Å². The number of methoxy groups -OCH3 is 1. The van der Waals surface area contributed by atoms with Gasteiger partial charge in [0.25, 0.3) is 0 Å². The average Bonchev–Trinajstić information content (AvgIpc) is 3.35. The third-order valence-corrected chi connectivity index (χ3v) is 6.76. The van der Waals surface area contributed by atoms with Crippen molar-refractivity contribution in [2.75, 3.05) is 12.4 Å². The number of carbonyl (C=O) groups excluding carboxylic acids is 1. The number of aromatic nitrogens is 3. The van der Waals surface area contributed by atoms with Crippen LogP contribution in [-0.2, 0) is 17.5 Å². The van der Waals surface area contributed by atoms with Crippen molar-refractivity contribution in [1.29, 1.82) is 0 Å². The first-order valence-electron chi connectivity index (χ1n) is 10.8. The van der Waals surface area contributed by atoms with Crippen LogP contribution in [0.2, 0.25) is 0 Å². The number of Topliss-reactive ketones (excluding diaryl/α,β-unsaturated/α-hetero) is 1. The molecule has 0 aliphatic rings. The van der Waals surface area contributed by atoms with Gasteiger partial charge in [-0.05, 0) is 63.6 Å². The maximum Gasteiger partial charge on any atom is 0.416 e. The molecule has 0 unspecified atom stereocenters. The van der Waals surface area contributed by atoms with Crippen LogP contribution in [0.15, 0.2) is 36.4 Å². The number of nitrogens with zero attached hydrogens (tertiary/aromatic N) is 3. The van der Waals surface area contributed by atoms with Crippen LogP contribution in [0.25, 0.3) is 21.3 Å². The molecule has 4 aromatic rings. The number of aryl methyl sites for hydroxylation is 1. The number of carbonyl (C=O) groups is 1. The van der Waals surface area contributed by atoms with Gasteiger partial charge in [0.05, 0.1) is 32.4 Å². The Labute approximate surface area is 198 Å². The molecule has 0 bridgehead atoms. The average molecular weight is 491 g/mol. The molecule has 34 heavy (non-hydrogen) atoms. The van der Waals surface area contributed by atoms with Crippen molar-refractivity contribution in [3.63, 3.8) is 0 Å². The molecule has 2 aromatic carbocycles. The zero-order chi connectivity index (χ0) is 24.7. The van der Waals surface area contributed by atoms with Gasteiger partial charge in [0, 0.05) is 25.6 Å². The molecular formula is C24H25F3N4O2S. The number of thiazole rings is 1. The van der Waals surface area contributed by atoms with Gasteiger partial charge in [-0.2, -0.15) is 13.2 Å². The number of hydrogen-bond donors (Lipinski definition) is 1. The molecule has 0 aliphatic heterocycles. The predicted octanol–water partition coefficient (Wildman–Crippen LogP) is 6.82. The lowest BCUT2D eigenvalue weighted by Crippen LogP contribution is -2.23. The number of ether oxygens (including phenoxy) is 1. The van der Waals surface area contributed by atoms with Crippen LogP contribution >= 0.6 is 11.3 Å². The summed E-state index contributed by atoms with van der Waals surface area (Å²) in [6, 6.07) is 8.91. The van der Waals surface area contributed by atoms with Crippen molar-refractivity contribution < 1.29 is 22.7 Å². The highest BCUT2D eigenvalue weighted by Gasteiger charge is 2.30. The van der Waals surface area contributed by atoms with Gasteiger partial charge in [-0.3, -0.25) is 4.79 Å². The van der Waals surface area contributed by atoms with Crippen molar-refractivity contribution in [2.45, 2.75) is 51.9 Å².